The maximum atomic E-state index is 12.1. The first-order valence-corrected chi connectivity index (χ1v) is 5.25. The summed E-state index contributed by atoms with van der Waals surface area (Å²) in [7, 11) is 1.34. The summed E-state index contributed by atoms with van der Waals surface area (Å²) in [6.45, 7) is 0. The summed E-state index contributed by atoms with van der Waals surface area (Å²) in [5.74, 6) is -0.176. The third kappa shape index (κ3) is 2.51. The SMILES string of the molecule is COc1cccc([N+](=O)[O-])c1C(=O)Nc1ccn[nH]1. The van der Waals surface area contributed by atoms with Gasteiger partial charge in [-0.2, -0.15) is 5.10 Å². The summed E-state index contributed by atoms with van der Waals surface area (Å²) in [5, 5.41) is 19.6. The van der Waals surface area contributed by atoms with Crippen LogP contribution >= 0.6 is 0 Å². The normalized spacial score (nSPS) is 9.95. The first kappa shape index (κ1) is 12.6. The number of carbonyl (C=O) groups is 1. The molecule has 0 saturated carbocycles. The molecule has 1 heterocycles. The average Bonchev–Trinajstić information content (AvgIpc) is 2.90. The molecule has 1 aromatic carbocycles. The predicted octanol–water partition coefficient (Wildman–Crippen LogP) is 1.58. The van der Waals surface area contributed by atoms with Crippen molar-refractivity contribution in [1.29, 1.82) is 0 Å². The Bertz CT molecular complexity index is 609. The fourth-order valence-electron chi connectivity index (χ4n) is 1.58. The number of methoxy groups -OCH3 is 1. The van der Waals surface area contributed by atoms with Crippen LogP contribution in [0.1, 0.15) is 10.4 Å². The standard InChI is InChI=1S/C11H10N4O4/c1-19-8-4-2-3-7(15(17)18)10(8)11(16)13-9-5-6-12-14-9/h2-6H,1H3,(H2,12,13,14,16). The predicted molar refractivity (Wildman–Crippen MR) is 66.2 cm³/mol. The van der Waals surface area contributed by atoms with Crippen molar-refractivity contribution in [3.8, 4) is 5.75 Å². The van der Waals surface area contributed by atoms with Crippen molar-refractivity contribution in [2.45, 2.75) is 0 Å². The Kier molecular flexibility index (Phi) is 3.42. The number of carbonyl (C=O) groups excluding carboxylic acids is 1. The van der Waals surface area contributed by atoms with Crippen LogP contribution in [0.2, 0.25) is 0 Å². The van der Waals surface area contributed by atoms with Crippen LogP contribution in [0.25, 0.3) is 0 Å². The second-order valence-corrected chi connectivity index (χ2v) is 3.54. The zero-order valence-corrected chi connectivity index (χ0v) is 9.91. The second-order valence-electron chi connectivity index (χ2n) is 3.54. The zero-order chi connectivity index (χ0) is 13.8. The van der Waals surface area contributed by atoms with E-state index in [1.807, 2.05) is 0 Å². The molecule has 0 aliphatic rings. The number of anilines is 1. The van der Waals surface area contributed by atoms with Crippen LogP contribution in [-0.2, 0) is 0 Å². The minimum absolute atomic E-state index is 0.131. The number of nitrogens with one attached hydrogen (secondary N) is 2. The van der Waals surface area contributed by atoms with Crippen molar-refractivity contribution in [3.05, 3.63) is 46.1 Å². The topological polar surface area (TPSA) is 110 Å². The fourth-order valence-corrected chi connectivity index (χ4v) is 1.58. The fraction of sp³-hybridized carbons (Fsp3) is 0.0909. The van der Waals surface area contributed by atoms with E-state index in [2.05, 4.69) is 15.5 Å². The van der Waals surface area contributed by atoms with Crippen LogP contribution in [0.5, 0.6) is 5.75 Å². The van der Waals surface area contributed by atoms with Crippen molar-refractivity contribution >= 4 is 17.4 Å². The van der Waals surface area contributed by atoms with Crippen LogP contribution in [0, 0.1) is 10.1 Å². The molecule has 0 aliphatic heterocycles. The Morgan fingerprint density at radius 3 is 2.84 bits per heavy atom. The van der Waals surface area contributed by atoms with Gasteiger partial charge in [0.2, 0.25) is 0 Å². The molecule has 0 fully saturated rings. The maximum absolute atomic E-state index is 12.1. The van der Waals surface area contributed by atoms with Gasteiger partial charge in [0.1, 0.15) is 11.6 Å². The van der Waals surface area contributed by atoms with E-state index in [0.717, 1.165) is 0 Å². The van der Waals surface area contributed by atoms with Gasteiger partial charge in [0.15, 0.2) is 5.56 Å². The third-order valence-electron chi connectivity index (χ3n) is 2.40. The van der Waals surface area contributed by atoms with Crippen LogP contribution in [0.4, 0.5) is 11.5 Å². The van der Waals surface area contributed by atoms with Gasteiger partial charge < -0.3 is 10.1 Å². The van der Waals surface area contributed by atoms with Crippen molar-refractivity contribution in [1.82, 2.24) is 10.2 Å². The molecule has 19 heavy (non-hydrogen) atoms. The van der Waals surface area contributed by atoms with E-state index < -0.39 is 10.8 Å². The number of hydrogen-bond acceptors (Lipinski definition) is 5. The molecule has 0 atom stereocenters. The molecule has 2 N–H and O–H groups in total. The number of hydrogen-bond donors (Lipinski definition) is 2. The van der Waals surface area contributed by atoms with Crippen LogP contribution in [0.15, 0.2) is 30.5 Å². The minimum atomic E-state index is -0.645. The Hall–Kier alpha value is -2.90. The highest BCUT2D eigenvalue weighted by atomic mass is 16.6. The summed E-state index contributed by atoms with van der Waals surface area (Å²) in [5.41, 5.74) is -0.457. The Morgan fingerprint density at radius 1 is 1.47 bits per heavy atom. The molecule has 0 bridgehead atoms. The van der Waals surface area contributed by atoms with Gasteiger partial charge in [-0.25, -0.2) is 0 Å². The largest absolute Gasteiger partial charge is 0.496 e. The third-order valence-corrected chi connectivity index (χ3v) is 2.40. The molecule has 0 spiro atoms. The lowest BCUT2D eigenvalue weighted by Crippen LogP contribution is -2.15. The van der Waals surface area contributed by atoms with Gasteiger partial charge in [0, 0.05) is 12.1 Å². The first-order valence-electron chi connectivity index (χ1n) is 5.25. The summed E-state index contributed by atoms with van der Waals surface area (Å²) in [6, 6.07) is 5.70. The number of nitro groups is 1. The molecule has 0 aliphatic carbocycles. The lowest BCUT2D eigenvalue weighted by Gasteiger charge is -2.08. The molecule has 0 radical (unpaired) electrons. The Morgan fingerprint density at radius 2 is 2.26 bits per heavy atom. The number of rotatable bonds is 4. The molecule has 8 heteroatoms. The monoisotopic (exact) mass is 262 g/mol. The molecular weight excluding hydrogens is 252 g/mol. The maximum Gasteiger partial charge on any atom is 0.285 e. The summed E-state index contributed by atoms with van der Waals surface area (Å²) in [4.78, 5) is 22.4. The highest BCUT2D eigenvalue weighted by molar-refractivity contribution is 6.08. The van der Waals surface area contributed by atoms with E-state index in [1.165, 1.54) is 37.6 Å². The quantitative estimate of drug-likeness (QED) is 0.642. The van der Waals surface area contributed by atoms with Gasteiger partial charge in [0.05, 0.1) is 18.2 Å². The molecular formula is C11H10N4O4. The highest BCUT2D eigenvalue weighted by Crippen LogP contribution is 2.28. The Balaban J connectivity index is 2.41. The minimum Gasteiger partial charge on any atom is -0.496 e. The molecule has 0 saturated heterocycles. The smallest absolute Gasteiger partial charge is 0.285 e. The van der Waals surface area contributed by atoms with E-state index in [9.17, 15) is 14.9 Å². The van der Waals surface area contributed by atoms with E-state index in [0.29, 0.717) is 5.82 Å². The molecule has 8 nitrogen and oxygen atoms in total. The number of amides is 1. The van der Waals surface area contributed by atoms with E-state index in [-0.39, 0.29) is 17.0 Å². The van der Waals surface area contributed by atoms with Crippen molar-refractivity contribution < 1.29 is 14.5 Å². The lowest BCUT2D eigenvalue weighted by molar-refractivity contribution is -0.385. The molecule has 2 aromatic rings. The number of aromatic amines is 1. The summed E-state index contributed by atoms with van der Waals surface area (Å²) >= 11 is 0. The first-order chi connectivity index (χ1) is 9.13. The number of benzene rings is 1. The van der Waals surface area contributed by atoms with E-state index >= 15 is 0 Å². The van der Waals surface area contributed by atoms with Gasteiger partial charge >= 0.3 is 0 Å². The van der Waals surface area contributed by atoms with Crippen LogP contribution < -0.4 is 10.1 Å². The molecule has 2 rings (SSSR count). The van der Waals surface area contributed by atoms with E-state index in [1.54, 1.807) is 0 Å². The van der Waals surface area contributed by atoms with Crippen molar-refractivity contribution in [2.24, 2.45) is 0 Å². The molecule has 0 unspecified atom stereocenters. The zero-order valence-electron chi connectivity index (χ0n) is 9.91. The van der Waals surface area contributed by atoms with Gasteiger partial charge in [-0.1, -0.05) is 6.07 Å². The number of H-pyrrole nitrogens is 1. The van der Waals surface area contributed by atoms with Gasteiger partial charge in [-0.05, 0) is 6.07 Å². The van der Waals surface area contributed by atoms with Crippen LogP contribution in [-0.4, -0.2) is 28.1 Å². The van der Waals surface area contributed by atoms with Gasteiger partial charge in [-0.3, -0.25) is 20.0 Å². The summed E-state index contributed by atoms with van der Waals surface area (Å²) < 4.78 is 4.99. The molecule has 98 valence electrons. The van der Waals surface area contributed by atoms with Gasteiger partial charge in [-0.15, -0.1) is 0 Å². The van der Waals surface area contributed by atoms with Crippen LogP contribution in [0.3, 0.4) is 0 Å². The van der Waals surface area contributed by atoms with E-state index in [4.69, 9.17) is 4.74 Å². The molecule has 1 aromatic heterocycles. The van der Waals surface area contributed by atoms with Crippen molar-refractivity contribution in [3.63, 3.8) is 0 Å². The highest BCUT2D eigenvalue weighted by Gasteiger charge is 2.25. The number of aromatic nitrogens is 2. The number of nitro benzene ring substituents is 1. The number of ether oxygens (including phenoxy) is 1. The molecule has 1 amide bonds. The van der Waals surface area contributed by atoms with Crippen molar-refractivity contribution in [2.75, 3.05) is 12.4 Å². The second kappa shape index (κ2) is 5.17. The van der Waals surface area contributed by atoms with Gasteiger partial charge in [0.25, 0.3) is 11.6 Å². The Labute approximate surface area is 107 Å². The average molecular weight is 262 g/mol. The summed E-state index contributed by atoms with van der Waals surface area (Å²) in [6.07, 6.45) is 1.45. The lowest BCUT2D eigenvalue weighted by atomic mass is 10.1. The number of nitrogens with zero attached hydrogens (tertiary/aromatic N) is 2.